The second-order valence-corrected chi connectivity index (χ2v) is 6.26. The molecule has 0 radical (unpaired) electrons. The first-order chi connectivity index (χ1) is 9.78. The zero-order valence-electron chi connectivity index (χ0n) is 12.8. The van der Waals surface area contributed by atoms with Crippen LogP contribution in [-0.4, -0.2) is 28.3 Å². The molecule has 2 atom stereocenters. The maximum atomic E-state index is 6.11. The van der Waals surface area contributed by atoms with Gasteiger partial charge in [-0.2, -0.15) is 0 Å². The minimum atomic E-state index is 0.0769. The van der Waals surface area contributed by atoms with Gasteiger partial charge < -0.3 is 14.6 Å². The van der Waals surface area contributed by atoms with Crippen molar-refractivity contribution < 1.29 is 4.74 Å². The van der Waals surface area contributed by atoms with Gasteiger partial charge in [0, 0.05) is 24.9 Å². The van der Waals surface area contributed by atoms with E-state index in [1.54, 1.807) is 0 Å². The van der Waals surface area contributed by atoms with Crippen LogP contribution in [0.3, 0.4) is 0 Å². The molecule has 0 aliphatic carbocycles. The second-order valence-electron chi connectivity index (χ2n) is 6.26. The lowest BCUT2D eigenvalue weighted by molar-refractivity contribution is -0.0990. The summed E-state index contributed by atoms with van der Waals surface area (Å²) in [4.78, 5) is 4.42. The summed E-state index contributed by atoms with van der Waals surface area (Å²) in [6, 6.07) is 1.04. The Morgan fingerprint density at radius 1 is 1.40 bits per heavy atom. The van der Waals surface area contributed by atoms with Crippen LogP contribution < -0.4 is 5.32 Å². The van der Waals surface area contributed by atoms with Gasteiger partial charge in [-0.1, -0.05) is 13.8 Å². The molecule has 1 N–H and O–H groups in total. The molecule has 112 valence electrons. The summed E-state index contributed by atoms with van der Waals surface area (Å²) < 4.78 is 8.53. The molecule has 0 aromatic carbocycles. The van der Waals surface area contributed by atoms with E-state index in [1.807, 2.05) is 6.33 Å². The number of hydrogen-bond donors (Lipinski definition) is 1. The van der Waals surface area contributed by atoms with Crippen LogP contribution in [0.5, 0.6) is 0 Å². The molecule has 2 fully saturated rings. The summed E-state index contributed by atoms with van der Waals surface area (Å²) in [5, 5.41) is 3.60. The van der Waals surface area contributed by atoms with Crippen LogP contribution in [-0.2, 0) is 4.74 Å². The van der Waals surface area contributed by atoms with Gasteiger partial charge in [0.1, 0.15) is 0 Å². The molecule has 1 unspecified atom stereocenters. The van der Waals surface area contributed by atoms with E-state index in [0.29, 0.717) is 12.1 Å². The SMILES string of the molecule is CCC1(CC)CC(n2cncc2[C@@H]2CCCN2)CCO1. The van der Waals surface area contributed by atoms with Gasteiger partial charge >= 0.3 is 0 Å². The van der Waals surface area contributed by atoms with Gasteiger partial charge in [-0.25, -0.2) is 4.98 Å². The van der Waals surface area contributed by atoms with Gasteiger partial charge in [-0.3, -0.25) is 0 Å². The second kappa shape index (κ2) is 5.86. The van der Waals surface area contributed by atoms with Crippen molar-refractivity contribution in [2.45, 2.75) is 70.1 Å². The largest absolute Gasteiger partial charge is 0.375 e. The van der Waals surface area contributed by atoms with E-state index >= 15 is 0 Å². The van der Waals surface area contributed by atoms with Crippen LogP contribution in [0.4, 0.5) is 0 Å². The van der Waals surface area contributed by atoms with Crippen molar-refractivity contribution in [3.05, 3.63) is 18.2 Å². The van der Waals surface area contributed by atoms with E-state index in [9.17, 15) is 0 Å². The van der Waals surface area contributed by atoms with E-state index in [4.69, 9.17) is 4.74 Å². The lowest BCUT2D eigenvalue weighted by Gasteiger charge is -2.41. The Morgan fingerprint density at radius 3 is 2.95 bits per heavy atom. The monoisotopic (exact) mass is 277 g/mol. The number of aromatic nitrogens is 2. The molecular weight excluding hydrogens is 250 g/mol. The Morgan fingerprint density at radius 2 is 2.25 bits per heavy atom. The first-order valence-corrected chi connectivity index (χ1v) is 8.17. The predicted octanol–water partition coefficient (Wildman–Crippen LogP) is 3.22. The number of hydrogen-bond acceptors (Lipinski definition) is 3. The number of imidazole rings is 1. The molecule has 1 aromatic rings. The van der Waals surface area contributed by atoms with Crippen LogP contribution in [0.2, 0.25) is 0 Å². The molecule has 3 heterocycles. The predicted molar refractivity (Wildman–Crippen MR) is 79.7 cm³/mol. The fourth-order valence-electron chi connectivity index (χ4n) is 3.81. The zero-order chi connectivity index (χ0) is 14.0. The fraction of sp³-hybridized carbons (Fsp3) is 0.812. The molecule has 0 amide bonds. The van der Waals surface area contributed by atoms with Gasteiger partial charge in [0.15, 0.2) is 0 Å². The van der Waals surface area contributed by atoms with E-state index in [-0.39, 0.29) is 5.60 Å². The van der Waals surface area contributed by atoms with Crippen LogP contribution in [0.25, 0.3) is 0 Å². The topological polar surface area (TPSA) is 39.1 Å². The lowest BCUT2D eigenvalue weighted by Crippen LogP contribution is -2.40. The fourth-order valence-corrected chi connectivity index (χ4v) is 3.81. The number of nitrogens with zero attached hydrogens (tertiary/aromatic N) is 2. The van der Waals surface area contributed by atoms with Crippen molar-refractivity contribution in [3.63, 3.8) is 0 Å². The summed E-state index contributed by atoms with van der Waals surface area (Å²) in [7, 11) is 0. The first kappa shape index (κ1) is 14.1. The molecule has 3 rings (SSSR count). The Hall–Kier alpha value is -0.870. The number of ether oxygens (including phenoxy) is 1. The Labute approximate surface area is 121 Å². The normalized spacial score (nSPS) is 29.7. The molecule has 20 heavy (non-hydrogen) atoms. The minimum absolute atomic E-state index is 0.0769. The van der Waals surface area contributed by atoms with Gasteiger partial charge in [0.25, 0.3) is 0 Å². The summed E-state index contributed by atoms with van der Waals surface area (Å²) in [6.45, 7) is 6.51. The van der Waals surface area contributed by atoms with Gasteiger partial charge in [-0.15, -0.1) is 0 Å². The molecule has 4 nitrogen and oxygen atoms in total. The molecule has 0 bridgehead atoms. The lowest BCUT2D eigenvalue weighted by atomic mass is 9.85. The van der Waals surface area contributed by atoms with E-state index in [0.717, 1.165) is 38.8 Å². The zero-order valence-corrected chi connectivity index (χ0v) is 12.8. The highest BCUT2D eigenvalue weighted by Gasteiger charge is 2.36. The molecule has 0 saturated carbocycles. The third-order valence-corrected chi connectivity index (χ3v) is 5.26. The van der Waals surface area contributed by atoms with Crippen molar-refractivity contribution in [1.82, 2.24) is 14.9 Å². The average Bonchev–Trinajstić information content (AvgIpc) is 3.17. The first-order valence-electron chi connectivity index (χ1n) is 8.17. The van der Waals surface area contributed by atoms with Crippen molar-refractivity contribution in [2.24, 2.45) is 0 Å². The molecule has 4 heteroatoms. The molecule has 2 saturated heterocycles. The number of rotatable bonds is 4. The van der Waals surface area contributed by atoms with Crippen molar-refractivity contribution in [2.75, 3.05) is 13.2 Å². The van der Waals surface area contributed by atoms with Crippen LogP contribution in [0, 0.1) is 0 Å². The molecule has 2 aliphatic rings. The smallest absolute Gasteiger partial charge is 0.0951 e. The molecule has 1 aromatic heterocycles. The average molecular weight is 277 g/mol. The van der Waals surface area contributed by atoms with E-state index < -0.39 is 0 Å². The Balaban J connectivity index is 1.80. The summed E-state index contributed by atoms with van der Waals surface area (Å²) in [5.41, 5.74) is 1.45. The van der Waals surface area contributed by atoms with Crippen molar-refractivity contribution >= 4 is 0 Å². The maximum absolute atomic E-state index is 6.11. The highest BCUT2D eigenvalue weighted by molar-refractivity contribution is 5.09. The maximum Gasteiger partial charge on any atom is 0.0951 e. The van der Waals surface area contributed by atoms with Gasteiger partial charge in [0.05, 0.1) is 17.6 Å². The highest BCUT2D eigenvalue weighted by atomic mass is 16.5. The third kappa shape index (κ3) is 2.51. The third-order valence-electron chi connectivity index (χ3n) is 5.26. The summed E-state index contributed by atoms with van der Waals surface area (Å²) in [6.07, 6.45) is 11.0. The Bertz CT molecular complexity index is 433. The quantitative estimate of drug-likeness (QED) is 0.918. The minimum Gasteiger partial charge on any atom is -0.375 e. The number of nitrogens with one attached hydrogen (secondary N) is 1. The van der Waals surface area contributed by atoms with E-state index in [2.05, 4.69) is 34.9 Å². The van der Waals surface area contributed by atoms with E-state index in [1.165, 1.54) is 18.5 Å². The molecular formula is C16H27N3O. The molecule has 2 aliphatic heterocycles. The van der Waals surface area contributed by atoms with Crippen LogP contribution >= 0.6 is 0 Å². The van der Waals surface area contributed by atoms with Crippen LogP contribution in [0.15, 0.2) is 12.5 Å². The van der Waals surface area contributed by atoms with Gasteiger partial charge in [0.2, 0.25) is 0 Å². The molecule has 0 spiro atoms. The summed E-state index contributed by atoms with van der Waals surface area (Å²) >= 11 is 0. The van der Waals surface area contributed by atoms with Crippen molar-refractivity contribution in [1.29, 1.82) is 0 Å². The van der Waals surface area contributed by atoms with Crippen molar-refractivity contribution in [3.8, 4) is 0 Å². The van der Waals surface area contributed by atoms with Gasteiger partial charge in [-0.05, 0) is 45.1 Å². The summed E-state index contributed by atoms with van der Waals surface area (Å²) in [5.74, 6) is 0. The van der Waals surface area contributed by atoms with Crippen LogP contribution in [0.1, 0.15) is 70.2 Å². The Kier molecular flexibility index (Phi) is 4.13. The highest BCUT2D eigenvalue weighted by Crippen LogP contribution is 2.38. The standard InChI is InChI=1S/C16H27N3O/c1-3-16(4-2)10-13(7-9-20-16)19-12-17-11-15(19)14-6-5-8-18-14/h11-14,18H,3-10H2,1-2H3/t13?,14-/m0/s1.